The van der Waals surface area contributed by atoms with Gasteiger partial charge in [0.25, 0.3) is 0 Å². The third kappa shape index (κ3) is 3.58. The first-order valence-electron chi connectivity index (χ1n) is 6.84. The summed E-state index contributed by atoms with van der Waals surface area (Å²) in [7, 11) is 4.10. The van der Waals surface area contributed by atoms with Gasteiger partial charge in [0, 0.05) is 45.3 Å². The molecular formula is C14H22F2N4. The molecular weight excluding hydrogens is 262 g/mol. The van der Waals surface area contributed by atoms with Crippen molar-refractivity contribution in [3.63, 3.8) is 0 Å². The molecule has 112 valence electrons. The molecule has 0 radical (unpaired) electrons. The highest BCUT2D eigenvalue weighted by Gasteiger charge is 2.20. The summed E-state index contributed by atoms with van der Waals surface area (Å²) in [6.07, 6.45) is 0. The molecule has 1 fully saturated rings. The van der Waals surface area contributed by atoms with E-state index in [1.165, 1.54) is 6.07 Å². The quantitative estimate of drug-likeness (QED) is 0.844. The van der Waals surface area contributed by atoms with Crippen molar-refractivity contribution in [3.8, 4) is 0 Å². The number of piperazine rings is 1. The van der Waals surface area contributed by atoms with Gasteiger partial charge < -0.3 is 15.5 Å². The number of benzene rings is 1. The second-order valence-corrected chi connectivity index (χ2v) is 5.45. The Kier molecular flexibility index (Phi) is 4.77. The summed E-state index contributed by atoms with van der Waals surface area (Å²) in [4.78, 5) is 6.45. The predicted octanol–water partition coefficient (Wildman–Crippen LogP) is 1.23. The van der Waals surface area contributed by atoms with Crippen LogP contribution < -0.4 is 10.6 Å². The average Bonchev–Trinajstić information content (AvgIpc) is 2.41. The highest BCUT2D eigenvalue weighted by Crippen LogP contribution is 2.28. The van der Waals surface area contributed by atoms with E-state index in [-0.39, 0.29) is 5.69 Å². The fourth-order valence-corrected chi connectivity index (χ4v) is 2.39. The average molecular weight is 284 g/mol. The summed E-state index contributed by atoms with van der Waals surface area (Å²) in [5.41, 5.74) is 6.21. The second-order valence-electron chi connectivity index (χ2n) is 5.45. The number of hydrogen-bond donors (Lipinski definition) is 1. The van der Waals surface area contributed by atoms with Gasteiger partial charge in [0.15, 0.2) is 5.82 Å². The molecule has 0 spiro atoms. The number of hydrogen-bond acceptors (Lipinski definition) is 4. The third-order valence-electron chi connectivity index (χ3n) is 3.65. The van der Waals surface area contributed by atoms with Crippen LogP contribution in [0.5, 0.6) is 0 Å². The zero-order valence-electron chi connectivity index (χ0n) is 12.1. The lowest BCUT2D eigenvalue weighted by Crippen LogP contribution is -2.48. The van der Waals surface area contributed by atoms with Crippen molar-refractivity contribution in [2.75, 3.05) is 64.0 Å². The summed E-state index contributed by atoms with van der Waals surface area (Å²) < 4.78 is 26.8. The SMILES string of the molecule is CN(C)CCN1CCN(c2cc(F)cc(F)c2N)CC1. The molecule has 1 aromatic carbocycles. The highest BCUT2D eigenvalue weighted by molar-refractivity contribution is 5.68. The van der Waals surface area contributed by atoms with E-state index in [1.807, 2.05) is 19.0 Å². The summed E-state index contributed by atoms with van der Waals surface area (Å²) >= 11 is 0. The van der Waals surface area contributed by atoms with Crippen LogP contribution in [0.25, 0.3) is 0 Å². The van der Waals surface area contributed by atoms with E-state index >= 15 is 0 Å². The highest BCUT2D eigenvalue weighted by atomic mass is 19.1. The first-order valence-corrected chi connectivity index (χ1v) is 6.84. The summed E-state index contributed by atoms with van der Waals surface area (Å²) in [5, 5.41) is 0. The number of rotatable bonds is 4. The zero-order valence-corrected chi connectivity index (χ0v) is 12.1. The Balaban J connectivity index is 1.97. The van der Waals surface area contributed by atoms with E-state index in [0.717, 1.165) is 45.3 Å². The molecule has 0 aromatic heterocycles. The smallest absolute Gasteiger partial charge is 0.151 e. The molecule has 1 saturated heterocycles. The molecule has 6 heteroatoms. The van der Waals surface area contributed by atoms with Gasteiger partial charge in [0.2, 0.25) is 0 Å². The zero-order chi connectivity index (χ0) is 14.7. The number of anilines is 2. The van der Waals surface area contributed by atoms with Gasteiger partial charge in [-0.15, -0.1) is 0 Å². The van der Waals surface area contributed by atoms with Crippen LogP contribution in [0.15, 0.2) is 12.1 Å². The van der Waals surface area contributed by atoms with Gasteiger partial charge in [0.1, 0.15) is 5.82 Å². The van der Waals surface area contributed by atoms with Crippen LogP contribution in [-0.2, 0) is 0 Å². The standard InChI is InChI=1S/C14H22F2N4/c1-18(2)3-4-19-5-7-20(8-6-19)13-10-11(15)9-12(16)14(13)17/h9-10H,3-8,17H2,1-2H3. The van der Waals surface area contributed by atoms with Gasteiger partial charge in [-0.25, -0.2) is 8.78 Å². The molecule has 1 aromatic rings. The van der Waals surface area contributed by atoms with E-state index in [1.54, 1.807) is 0 Å². The van der Waals surface area contributed by atoms with Crippen molar-refractivity contribution >= 4 is 11.4 Å². The number of halogens is 2. The molecule has 1 heterocycles. The summed E-state index contributed by atoms with van der Waals surface area (Å²) in [6.45, 7) is 5.25. The Morgan fingerprint density at radius 1 is 1.15 bits per heavy atom. The van der Waals surface area contributed by atoms with Crippen LogP contribution in [0.2, 0.25) is 0 Å². The third-order valence-corrected chi connectivity index (χ3v) is 3.65. The van der Waals surface area contributed by atoms with Crippen molar-refractivity contribution in [1.29, 1.82) is 0 Å². The number of likely N-dealkylation sites (N-methyl/N-ethyl adjacent to an activating group) is 1. The molecule has 1 aliphatic heterocycles. The van der Waals surface area contributed by atoms with Gasteiger partial charge in [0.05, 0.1) is 11.4 Å². The van der Waals surface area contributed by atoms with Gasteiger partial charge in [-0.2, -0.15) is 0 Å². The molecule has 0 unspecified atom stereocenters. The van der Waals surface area contributed by atoms with E-state index in [0.29, 0.717) is 5.69 Å². The largest absolute Gasteiger partial charge is 0.395 e. The molecule has 0 aliphatic carbocycles. The van der Waals surface area contributed by atoms with Crippen molar-refractivity contribution < 1.29 is 8.78 Å². The Labute approximate surface area is 118 Å². The molecule has 1 aliphatic rings. The van der Waals surface area contributed by atoms with Crippen LogP contribution in [0.4, 0.5) is 20.2 Å². The minimum Gasteiger partial charge on any atom is -0.395 e. The Morgan fingerprint density at radius 2 is 1.80 bits per heavy atom. The van der Waals surface area contributed by atoms with Gasteiger partial charge in [-0.05, 0) is 20.2 Å². The number of nitrogens with two attached hydrogens (primary N) is 1. The topological polar surface area (TPSA) is 35.7 Å². The lowest BCUT2D eigenvalue weighted by atomic mass is 10.2. The van der Waals surface area contributed by atoms with Gasteiger partial charge in [-0.1, -0.05) is 0 Å². The maximum absolute atomic E-state index is 13.5. The lowest BCUT2D eigenvalue weighted by molar-refractivity contribution is 0.229. The Morgan fingerprint density at radius 3 is 2.40 bits per heavy atom. The van der Waals surface area contributed by atoms with Crippen molar-refractivity contribution in [2.24, 2.45) is 0 Å². The Hall–Kier alpha value is -1.40. The van der Waals surface area contributed by atoms with Crippen molar-refractivity contribution in [2.45, 2.75) is 0 Å². The van der Waals surface area contributed by atoms with Crippen LogP contribution >= 0.6 is 0 Å². The Bertz CT molecular complexity index is 457. The first-order chi connectivity index (χ1) is 9.47. The maximum atomic E-state index is 13.5. The second kappa shape index (κ2) is 6.37. The predicted molar refractivity (Wildman–Crippen MR) is 78.0 cm³/mol. The van der Waals surface area contributed by atoms with E-state index < -0.39 is 11.6 Å². The fraction of sp³-hybridized carbons (Fsp3) is 0.571. The van der Waals surface area contributed by atoms with E-state index in [9.17, 15) is 8.78 Å². The summed E-state index contributed by atoms with van der Waals surface area (Å²) in [5.74, 6) is -1.27. The minimum atomic E-state index is -0.685. The van der Waals surface area contributed by atoms with E-state index in [4.69, 9.17) is 5.73 Å². The minimum absolute atomic E-state index is 0.0353. The molecule has 0 atom stereocenters. The molecule has 0 bridgehead atoms. The van der Waals surface area contributed by atoms with Gasteiger partial charge in [-0.3, -0.25) is 4.90 Å². The maximum Gasteiger partial charge on any atom is 0.151 e. The normalized spacial score (nSPS) is 16.9. The molecule has 2 rings (SSSR count). The van der Waals surface area contributed by atoms with Crippen molar-refractivity contribution in [3.05, 3.63) is 23.8 Å². The molecule has 0 saturated carbocycles. The van der Waals surface area contributed by atoms with E-state index in [2.05, 4.69) is 9.80 Å². The van der Waals surface area contributed by atoms with Crippen LogP contribution in [0.1, 0.15) is 0 Å². The molecule has 20 heavy (non-hydrogen) atoms. The fourth-order valence-electron chi connectivity index (χ4n) is 2.39. The van der Waals surface area contributed by atoms with Crippen molar-refractivity contribution in [1.82, 2.24) is 9.80 Å². The van der Waals surface area contributed by atoms with Gasteiger partial charge >= 0.3 is 0 Å². The number of nitrogen functional groups attached to an aromatic ring is 1. The molecule has 4 nitrogen and oxygen atoms in total. The van der Waals surface area contributed by atoms with Crippen LogP contribution in [0, 0.1) is 11.6 Å². The molecule has 0 amide bonds. The molecule has 2 N–H and O–H groups in total. The lowest BCUT2D eigenvalue weighted by Gasteiger charge is -2.37. The van der Waals surface area contributed by atoms with Crippen LogP contribution in [0.3, 0.4) is 0 Å². The summed E-state index contributed by atoms with van der Waals surface area (Å²) in [6, 6.07) is 2.14. The first kappa shape index (κ1) is 15.0. The van der Waals surface area contributed by atoms with Crippen LogP contribution in [-0.4, -0.2) is 63.2 Å². The monoisotopic (exact) mass is 284 g/mol. The number of nitrogens with zero attached hydrogens (tertiary/aromatic N) is 3.